The minimum absolute atomic E-state index is 0.000757. The summed E-state index contributed by atoms with van der Waals surface area (Å²) in [4.78, 5) is 82.8. The number of phenolic OH excluding ortho intramolecular Hbond substituents is 1. The van der Waals surface area contributed by atoms with E-state index in [-0.39, 0.29) is 36.5 Å². The molecule has 2 saturated carbocycles. The van der Waals surface area contributed by atoms with Gasteiger partial charge in [-0.05, 0) is 57.0 Å². The fourth-order valence-corrected chi connectivity index (χ4v) is 7.19. The average Bonchev–Trinajstić information content (AvgIpc) is 2.95. The van der Waals surface area contributed by atoms with E-state index >= 15 is 0 Å². The molecule has 3 aliphatic carbocycles. The molecule has 0 radical (unpaired) electrons. The quantitative estimate of drug-likeness (QED) is 0.242. The van der Waals surface area contributed by atoms with Crippen LogP contribution in [0.3, 0.4) is 0 Å². The maximum absolute atomic E-state index is 14.1. The lowest BCUT2D eigenvalue weighted by Crippen LogP contribution is -2.74. The van der Waals surface area contributed by atoms with E-state index in [2.05, 4.69) is 17.2 Å². The van der Waals surface area contributed by atoms with Gasteiger partial charge in [-0.2, -0.15) is 0 Å². The Labute approximate surface area is 247 Å². The Bertz CT molecular complexity index is 1500. The molecule has 3 fully saturated rings. The molecule has 6 unspecified atom stereocenters. The number of rotatable bonds is 4. The number of benzene rings is 1. The number of phenols is 1. The van der Waals surface area contributed by atoms with Gasteiger partial charge in [0.15, 0.2) is 34.7 Å². The third kappa shape index (κ3) is 4.70. The summed E-state index contributed by atoms with van der Waals surface area (Å²) >= 11 is 0. The van der Waals surface area contributed by atoms with Crippen molar-refractivity contribution in [3.8, 4) is 17.6 Å². The number of urea groups is 1. The first-order valence-corrected chi connectivity index (χ1v) is 14.1. The molecule has 1 aromatic carbocycles. The molecule has 6 atom stereocenters. The number of aliphatic hydroxyl groups is 1. The summed E-state index contributed by atoms with van der Waals surface area (Å²) in [6.45, 7) is 3.21. The summed E-state index contributed by atoms with van der Waals surface area (Å²) in [5, 5.41) is 25.7. The van der Waals surface area contributed by atoms with Crippen molar-refractivity contribution in [2.45, 2.75) is 38.0 Å². The number of carbonyl (C=O) groups excluding carboxylic acids is 6. The van der Waals surface area contributed by atoms with Gasteiger partial charge in [0.2, 0.25) is 5.91 Å². The highest BCUT2D eigenvalue weighted by molar-refractivity contribution is 6.32. The van der Waals surface area contributed by atoms with Gasteiger partial charge in [-0.25, -0.2) is 4.79 Å². The molecule has 13 nitrogen and oxygen atoms in total. The zero-order chi connectivity index (χ0) is 31.4. The highest BCUT2D eigenvalue weighted by Gasteiger charge is 2.69. The Morgan fingerprint density at radius 2 is 1.86 bits per heavy atom. The van der Waals surface area contributed by atoms with Gasteiger partial charge in [0, 0.05) is 25.6 Å². The summed E-state index contributed by atoms with van der Waals surface area (Å²) in [5.41, 5.74) is 3.44. The van der Waals surface area contributed by atoms with Crippen LogP contribution in [0.4, 0.5) is 4.79 Å². The topological polar surface area (TPSA) is 197 Å². The van der Waals surface area contributed by atoms with Crippen LogP contribution >= 0.6 is 0 Å². The van der Waals surface area contributed by atoms with Crippen LogP contribution < -0.4 is 11.1 Å². The number of nitrogens with two attached hydrogens (primary N) is 1. The van der Waals surface area contributed by atoms with Gasteiger partial charge in [-0.1, -0.05) is 5.92 Å². The summed E-state index contributed by atoms with van der Waals surface area (Å²) in [5.74, 6) is -5.88. The number of aromatic hydroxyl groups is 1. The van der Waals surface area contributed by atoms with Gasteiger partial charge < -0.3 is 30.9 Å². The Morgan fingerprint density at radius 3 is 2.47 bits per heavy atom. The number of ketones is 4. The first-order chi connectivity index (χ1) is 20.3. The number of primary amides is 1. The molecule has 1 aromatic rings. The third-order valence-electron chi connectivity index (χ3n) is 9.14. The monoisotopic (exact) mass is 594 g/mol. The number of hydrogen-bond donors (Lipinski definition) is 4. The number of amides is 3. The third-order valence-corrected chi connectivity index (χ3v) is 9.14. The van der Waals surface area contributed by atoms with E-state index in [4.69, 9.17) is 10.5 Å². The van der Waals surface area contributed by atoms with Gasteiger partial charge in [-0.15, -0.1) is 5.92 Å². The van der Waals surface area contributed by atoms with Gasteiger partial charge in [0.05, 0.1) is 36.3 Å². The molecule has 13 heteroatoms. The minimum Gasteiger partial charge on any atom is -0.506 e. The van der Waals surface area contributed by atoms with Crippen molar-refractivity contribution in [1.29, 1.82) is 0 Å². The van der Waals surface area contributed by atoms with Crippen LogP contribution in [-0.2, 0) is 36.9 Å². The predicted molar refractivity (Wildman–Crippen MR) is 149 cm³/mol. The average molecular weight is 595 g/mol. The van der Waals surface area contributed by atoms with Crippen LogP contribution in [0.2, 0.25) is 0 Å². The van der Waals surface area contributed by atoms with Crippen molar-refractivity contribution in [3.63, 3.8) is 0 Å². The van der Waals surface area contributed by atoms with Gasteiger partial charge >= 0.3 is 6.03 Å². The van der Waals surface area contributed by atoms with Crippen molar-refractivity contribution in [1.82, 2.24) is 15.1 Å². The number of fused-ring (bicyclic) bond motifs is 3. The van der Waals surface area contributed by atoms with Crippen molar-refractivity contribution in [2.24, 2.45) is 29.4 Å². The van der Waals surface area contributed by atoms with Crippen LogP contribution in [0.1, 0.15) is 40.4 Å². The lowest BCUT2D eigenvalue weighted by Gasteiger charge is -2.52. The Morgan fingerprint density at radius 1 is 1.19 bits per heavy atom. The summed E-state index contributed by atoms with van der Waals surface area (Å²) in [6.07, 6.45) is 0.0166. The maximum atomic E-state index is 14.1. The fourth-order valence-electron chi connectivity index (χ4n) is 7.19. The molecule has 5 rings (SSSR count). The molecule has 3 amide bonds. The zero-order valence-electron chi connectivity index (χ0n) is 24.1. The number of nitrogens with one attached hydrogen (secondary N) is 1. The number of nitrogens with zero attached hydrogens (tertiary/aromatic N) is 2. The van der Waals surface area contributed by atoms with Crippen molar-refractivity contribution in [2.75, 3.05) is 40.4 Å². The molecule has 0 spiro atoms. The molecule has 1 aliphatic heterocycles. The second kappa shape index (κ2) is 11.2. The smallest absolute Gasteiger partial charge is 0.317 e. The number of likely N-dealkylation sites (N-methyl/N-ethyl adjacent to an activating group) is 1. The molecule has 4 aliphatic rings. The molecule has 0 bridgehead atoms. The van der Waals surface area contributed by atoms with Crippen molar-refractivity contribution in [3.05, 3.63) is 28.3 Å². The largest absolute Gasteiger partial charge is 0.506 e. The van der Waals surface area contributed by atoms with Crippen LogP contribution in [0.15, 0.2) is 6.07 Å². The van der Waals surface area contributed by atoms with E-state index < -0.39 is 70.1 Å². The van der Waals surface area contributed by atoms with Gasteiger partial charge in [0.25, 0.3) is 0 Å². The molecule has 1 saturated heterocycles. The Kier molecular flexibility index (Phi) is 7.89. The number of morpholine rings is 1. The second-order valence-electron chi connectivity index (χ2n) is 11.7. The maximum Gasteiger partial charge on any atom is 0.317 e. The lowest BCUT2D eigenvalue weighted by molar-refractivity contribution is -0.181. The molecular weight excluding hydrogens is 560 g/mol. The second-order valence-corrected chi connectivity index (χ2v) is 11.7. The van der Waals surface area contributed by atoms with E-state index in [1.807, 2.05) is 0 Å². The Balaban J connectivity index is 1.57. The van der Waals surface area contributed by atoms with E-state index in [1.165, 1.54) is 19.0 Å². The number of hydrogen-bond acceptors (Lipinski definition) is 10. The highest BCUT2D eigenvalue weighted by atomic mass is 16.5. The molecular formula is C30H34N4O9. The fraction of sp³-hybridized carbons (Fsp3) is 0.533. The molecule has 228 valence electrons. The summed E-state index contributed by atoms with van der Waals surface area (Å²) < 4.78 is 5.30. The van der Waals surface area contributed by atoms with E-state index in [0.29, 0.717) is 37.4 Å². The minimum atomic E-state index is -2.80. The van der Waals surface area contributed by atoms with Crippen LogP contribution in [0.5, 0.6) is 5.75 Å². The van der Waals surface area contributed by atoms with Crippen LogP contribution in [-0.4, -0.2) is 107 Å². The summed E-state index contributed by atoms with van der Waals surface area (Å²) in [7, 11) is 3.05. The molecule has 43 heavy (non-hydrogen) atoms. The van der Waals surface area contributed by atoms with E-state index in [9.17, 15) is 39.0 Å². The first-order valence-electron chi connectivity index (χ1n) is 14.1. The number of carbonyl (C=O) groups is 6. The van der Waals surface area contributed by atoms with Crippen molar-refractivity contribution >= 4 is 35.1 Å². The number of ether oxygens (including phenoxy) is 1. The SMILES string of the molecule is CC#Cc1cc(CNC(=O)N2CCOCC2)c2c(c1O)C(=O)C1C(=O)C3(O)C(=O)C(C(N)=O)C(=O)C(N(C)C)C3CC1C2. The first kappa shape index (κ1) is 30.3. The zero-order valence-corrected chi connectivity index (χ0v) is 24.1. The lowest BCUT2D eigenvalue weighted by atomic mass is 9.52. The van der Waals surface area contributed by atoms with Crippen molar-refractivity contribution < 1.29 is 43.7 Å². The molecule has 5 N–H and O–H groups in total. The van der Waals surface area contributed by atoms with Gasteiger partial charge in [-0.3, -0.25) is 28.9 Å². The van der Waals surface area contributed by atoms with Gasteiger partial charge in [0.1, 0.15) is 5.75 Å². The predicted octanol–water partition coefficient (Wildman–Crippen LogP) is -1.22. The van der Waals surface area contributed by atoms with E-state index in [0.717, 1.165) is 0 Å². The van der Waals surface area contributed by atoms with Crippen LogP contribution in [0, 0.1) is 35.5 Å². The normalized spacial score (nSPS) is 30.2. The van der Waals surface area contributed by atoms with Crippen LogP contribution in [0.25, 0.3) is 0 Å². The molecule has 1 heterocycles. The van der Waals surface area contributed by atoms with E-state index in [1.54, 1.807) is 17.9 Å². The number of Topliss-reactive ketones (excluding diaryl/α,β-unsaturated/α-hetero) is 4. The Hall–Kier alpha value is -4.12. The molecule has 0 aromatic heterocycles. The standard InChI is InChI=1S/C30H34N4O9/c1-4-5-14-10-16(13-32-29(41)34-6-8-43-9-7-34)17-11-15-12-18-22(33(2)3)25(37)21(28(31)40)27(39)30(18,42)26(38)19(15)24(36)20(17)23(14)35/h10,15,18-19,21-22,35,42H,6-9,11-13H2,1-3H3,(H2,31,40)(H,32,41). The highest BCUT2D eigenvalue weighted by Crippen LogP contribution is 2.51. The summed E-state index contributed by atoms with van der Waals surface area (Å²) in [6, 6.07) is 0.0692.